The molecule has 1 aliphatic heterocycles. The predicted molar refractivity (Wildman–Crippen MR) is 81.5 cm³/mol. The topological polar surface area (TPSA) is 58.4 Å². The highest BCUT2D eigenvalue weighted by Crippen LogP contribution is 2.25. The van der Waals surface area contributed by atoms with Gasteiger partial charge in [-0.1, -0.05) is 15.9 Å². The fourth-order valence-corrected chi connectivity index (χ4v) is 2.94. The van der Waals surface area contributed by atoms with Gasteiger partial charge in [-0.05, 0) is 50.0 Å². The van der Waals surface area contributed by atoms with Crippen molar-refractivity contribution in [2.75, 3.05) is 31.6 Å². The first-order valence-corrected chi connectivity index (χ1v) is 7.38. The summed E-state index contributed by atoms with van der Waals surface area (Å²) in [5.74, 6) is 0.245. The van der Waals surface area contributed by atoms with E-state index in [2.05, 4.69) is 26.1 Å². The molecule has 104 valence electrons. The molecule has 1 aromatic carbocycles. The van der Waals surface area contributed by atoms with Crippen LogP contribution in [-0.4, -0.2) is 32.6 Å². The molecule has 1 amide bonds. The molecule has 1 heterocycles. The van der Waals surface area contributed by atoms with Crippen LogP contribution in [0.15, 0.2) is 22.7 Å². The summed E-state index contributed by atoms with van der Waals surface area (Å²) < 4.78 is 0.959. The number of amides is 1. The summed E-state index contributed by atoms with van der Waals surface area (Å²) in [5.41, 5.74) is 6.92. The SMILES string of the molecule is CN(CC1CCCNC1)c1cc(Br)ccc1C(N)=O. The number of piperidine rings is 1. The van der Waals surface area contributed by atoms with E-state index in [0.29, 0.717) is 11.5 Å². The van der Waals surface area contributed by atoms with Gasteiger partial charge in [0.2, 0.25) is 0 Å². The van der Waals surface area contributed by atoms with Crippen molar-refractivity contribution in [1.29, 1.82) is 0 Å². The molecule has 1 saturated heterocycles. The highest BCUT2D eigenvalue weighted by Gasteiger charge is 2.18. The number of primary amides is 1. The molecule has 0 bridgehead atoms. The summed E-state index contributed by atoms with van der Waals surface area (Å²) in [6.45, 7) is 3.09. The van der Waals surface area contributed by atoms with Gasteiger partial charge in [-0.2, -0.15) is 0 Å². The van der Waals surface area contributed by atoms with Gasteiger partial charge in [0.1, 0.15) is 0 Å². The molecule has 1 aliphatic rings. The van der Waals surface area contributed by atoms with Crippen LogP contribution in [0, 0.1) is 5.92 Å². The largest absolute Gasteiger partial charge is 0.374 e. The molecular weight excluding hydrogens is 306 g/mol. The third kappa shape index (κ3) is 3.70. The molecule has 0 saturated carbocycles. The van der Waals surface area contributed by atoms with Crippen molar-refractivity contribution in [1.82, 2.24) is 5.32 Å². The van der Waals surface area contributed by atoms with Crippen molar-refractivity contribution in [3.63, 3.8) is 0 Å². The lowest BCUT2D eigenvalue weighted by Gasteiger charge is -2.29. The number of hydrogen-bond donors (Lipinski definition) is 2. The number of benzene rings is 1. The molecule has 0 aromatic heterocycles. The number of halogens is 1. The highest BCUT2D eigenvalue weighted by atomic mass is 79.9. The predicted octanol–water partition coefficient (Wildman–Crippen LogP) is 1.98. The Morgan fingerprint density at radius 1 is 1.58 bits per heavy atom. The maximum atomic E-state index is 11.5. The van der Waals surface area contributed by atoms with Crippen LogP contribution in [0.3, 0.4) is 0 Å². The summed E-state index contributed by atoms with van der Waals surface area (Å²) in [7, 11) is 2.02. The molecule has 19 heavy (non-hydrogen) atoms. The van der Waals surface area contributed by atoms with Gasteiger partial charge in [0.15, 0.2) is 0 Å². The molecule has 4 nitrogen and oxygen atoms in total. The first kappa shape index (κ1) is 14.3. The molecule has 0 aliphatic carbocycles. The Hall–Kier alpha value is -1.07. The van der Waals surface area contributed by atoms with Crippen molar-refractivity contribution in [3.05, 3.63) is 28.2 Å². The van der Waals surface area contributed by atoms with E-state index < -0.39 is 0 Å². The van der Waals surface area contributed by atoms with Gasteiger partial charge < -0.3 is 16.0 Å². The molecule has 2 rings (SSSR count). The van der Waals surface area contributed by atoms with Crippen LogP contribution in [0.4, 0.5) is 5.69 Å². The molecule has 3 N–H and O–H groups in total. The smallest absolute Gasteiger partial charge is 0.250 e. The van der Waals surface area contributed by atoms with E-state index >= 15 is 0 Å². The van der Waals surface area contributed by atoms with Crippen LogP contribution in [-0.2, 0) is 0 Å². The second kappa shape index (κ2) is 6.39. The summed E-state index contributed by atoms with van der Waals surface area (Å²) in [5, 5.41) is 3.41. The van der Waals surface area contributed by atoms with Crippen LogP contribution >= 0.6 is 15.9 Å². The molecule has 1 atom stereocenters. The molecule has 5 heteroatoms. The molecule has 1 unspecified atom stereocenters. The maximum absolute atomic E-state index is 11.5. The van der Waals surface area contributed by atoms with Crippen molar-refractivity contribution in [2.24, 2.45) is 11.7 Å². The van der Waals surface area contributed by atoms with E-state index in [-0.39, 0.29) is 5.91 Å². The Labute approximate surface area is 122 Å². The fraction of sp³-hybridized carbons (Fsp3) is 0.500. The average Bonchev–Trinajstić information content (AvgIpc) is 2.39. The zero-order chi connectivity index (χ0) is 13.8. The minimum absolute atomic E-state index is 0.379. The lowest BCUT2D eigenvalue weighted by atomic mass is 9.98. The summed E-state index contributed by atoms with van der Waals surface area (Å²) in [6.07, 6.45) is 2.46. The third-order valence-corrected chi connectivity index (χ3v) is 4.06. The monoisotopic (exact) mass is 325 g/mol. The summed E-state index contributed by atoms with van der Waals surface area (Å²) >= 11 is 3.45. The van der Waals surface area contributed by atoms with Crippen LogP contribution < -0.4 is 16.0 Å². The molecular formula is C14H20BrN3O. The fourth-order valence-electron chi connectivity index (χ4n) is 2.59. The van der Waals surface area contributed by atoms with E-state index in [4.69, 9.17) is 5.73 Å². The van der Waals surface area contributed by atoms with E-state index in [0.717, 1.165) is 29.8 Å². The maximum Gasteiger partial charge on any atom is 0.250 e. The first-order chi connectivity index (χ1) is 9.08. The number of nitrogens with one attached hydrogen (secondary N) is 1. The molecule has 1 fully saturated rings. The van der Waals surface area contributed by atoms with Gasteiger partial charge >= 0.3 is 0 Å². The molecule has 1 aromatic rings. The number of carbonyl (C=O) groups excluding carboxylic acids is 1. The normalized spacial score (nSPS) is 19.2. The Balaban J connectivity index is 2.14. The standard InChI is InChI=1S/C14H20BrN3O/c1-18(9-10-3-2-6-17-8-10)13-7-11(15)4-5-12(13)14(16)19/h4-5,7,10,17H,2-3,6,8-9H2,1H3,(H2,16,19). The van der Waals surface area contributed by atoms with Gasteiger partial charge in [-0.3, -0.25) is 4.79 Å². The molecule has 0 spiro atoms. The third-order valence-electron chi connectivity index (χ3n) is 3.57. The average molecular weight is 326 g/mol. The lowest BCUT2D eigenvalue weighted by molar-refractivity contribution is 0.100. The number of nitrogens with two attached hydrogens (primary N) is 1. The van der Waals surface area contributed by atoms with Crippen LogP contribution in [0.5, 0.6) is 0 Å². The van der Waals surface area contributed by atoms with E-state index in [9.17, 15) is 4.79 Å². The van der Waals surface area contributed by atoms with Crippen LogP contribution in [0.2, 0.25) is 0 Å². The van der Waals surface area contributed by atoms with Gasteiger partial charge in [0.05, 0.1) is 11.3 Å². The van der Waals surface area contributed by atoms with Gasteiger partial charge in [-0.15, -0.1) is 0 Å². The highest BCUT2D eigenvalue weighted by molar-refractivity contribution is 9.10. The lowest BCUT2D eigenvalue weighted by Crippen LogP contribution is -2.37. The van der Waals surface area contributed by atoms with Crippen LogP contribution in [0.1, 0.15) is 23.2 Å². The van der Waals surface area contributed by atoms with Crippen LogP contribution in [0.25, 0.3) is 0 Å². The van der Waals surface area contributed by atoms with Crippen molar-refractivity contribution < 1.29 is 4.79 Å². The number of rotatable bonds is 4. The Kier molecular flexibility index (Phi) is 4.82. The number of carbonyl (C=O) groups is 1. The van der Waals surface area contributed by atoms with Crippen molar-refractivity contribution in [3.8, 4) is 0 Å². The Morgan fingerprint density at radius 2 is 2.37 bits per heavy atom. The van der Waals surface area contributed by atoms with E-state index in [1.54, 1.807) is 6.07 Å². The zero-order valence-electron chi connectivity index (χ0n) is 11.2. The van der Waals surface area contributed by atoms with Gasteiger partial charge in [0.25, 0.3) is 5.91 Å². The van der Waals surface area contributed by atoms with E-state index in [1.807, 2.05) is 19.2 Å². The Bertz CT molecular complexity index is 458. The van der Waals surface area contributed by atoms with Gasteiger partial charge in [0, 0.05) is 18.1 Å². The van der Waals surface area contributed by atoms with Gasteiger partial charge in [-0.25, -0.2) is 0 Å². The van der Waals surface area contributed by atoms with E-state index in [1.165, 1.54) is 12.8 Å². The number of anilines is 1. The minimum atomic E-state index is -0.379. The number of nitrogens with zero attached hydrogens (tertiary/aromatic N) is 1. The summed E-state index contributed by atoms with van der Waals surface area (Å²) in [6, 6.07) is 5.58. The number of hydrogen-bond acceptors (Lipinski definition) is 3. The zero-order valence-corrected chi connectivity index (χ0v) is 12.7. The second-order valence-electron chi connectivity index (χ2n) is 5.12. The second-order valence-corrected chi connectivity index (χ2v) is 6.03. The molecule has 0 radical (unpaired) electrons. The Morgan fingerprint density at radius 3 is 3.00 bits per heavy atom. The quantitative estimate of drug-likeness (QED) is 0.890. The first-order valence-electron chi connectivity index (χ1n) is 6.59. The van der Waals surface area contributed by atoms with Crippen molar-refractivity contribution >= 4 is 27.5 Å². The summed E-state index contributed by atoms with van der Waals surface area (Å²) in [4.78, 5) is 13.6. The van der Waals surface area contributed by atoms with Crippen molar-refractivity contribution in [2.45, 2.75) is 12.8 Å². The minimum Gasteiger partial charge on any atom is -0.374 e.